The number of anilines is 1. The number of nitrogens with zero attached hydrogens (tertiary/aromatic N) is 2. The second-order valence-electron chi connectivity index (χ2n) is 5.97. The second kappa shape index (κ2) is 6.76. The fraction of sp³-hybridized carbons (Fsp3) is 0.278. The van der Waals surface area contributed by atoms with Crippen molar-refractivity contribution in [1.82, 2.24) is 9.55 Å². The highest BCUT2D eigenvalue weighted by Crippen LogP contribution is 2.34. The van der Waals surface area contributed by atoms with E-state index in [-0.39, 0.29) is 29.0 Å². The smallest absolute Gasteiger partial charge is 0.265 e. The molecule has 0 saturated heterocycles. The zero-order valence-electron chi connectivity index (χ0n) is 14.8. The molecule has 2 aromatic heterocycles. The molecule has 3 heterocycles. The Balaban J connectivity index is 1.70. The van der Waals surface area contributed by atoms with Gasteiger partial charge in [0.2, 0.25) is 12.5 Å². The molecule has 1 amide bonds. The second-order valence-corrected chi connectivity index (χ2v) is 5.97. The van der Waals surface area contributed by atoms with Gasteiger partial charge in [0.1, 0.15) is 17.5 Å². The van der Waals surface area contributed by atoms with Crippen LogP contribution in [0.2, 0.25) is 0 Å². The van der Waals surface area contributed by atoms with Gasteiger partial charge in [0.05, 0.1) is 18.7 Å². The van der Waals surface area contributed by atoms with Crippen LogP contribution in [-0.4, -0.2) is 36.0 Å². The molecule has 3 aromatic rings. The van der Waals surface area contributed by atoms with E-state index in [9.17, 15) is 9.59 Å². The first-order valence-electron chi connectivity index (χ1n) is 8.27. The number of ether oxygens (including phenoxy) is 3. The van der Waals surface area contributed by atoms with Crippen molar-refractivity contribution in [3.63, 3.8) is 0 Å². The first-order valence-corrected chi connectivity index (χ1v) is 8.27. The highest BCUT2D eigenvalue weighted by atomic mass is 16.7. The summed E-state index contributed by atoms with van der Waals surface area (Å²) in [6, 6.07) is 5.06. The predicted molar refractivity (Wildman–Crippen MR) is 95.4 cm³/mol. The number of carbonyl (C=O) groups is 1. The minimum atomic E-state index is -0.464. The van der Waals surface area contributed by atoms with Crippen LogP contribution in [0.4, 0.5) is 5.69 Å². The highest BCUT2D eigenvalue weighted by molar-refractivity contribution is 6.12. The molecule has 0 unspecified atom stereocenters. The Kier molecular flexibility index (Phi) is 4.28. The quantitative estimate of drug-likeness (QED) is 0.730. The van der Waals surface area contributed by atoms with Crippen LogP contribution in [-0.2, 0) is 11.3 Å². The van der Waals surface area contributed by atoms with Crippen molar-refractivity contribution in [2.24, 2.45) is 0 Å². The maximum absolute atomic E-state index is 12.8. The van der Waals surface area contributed by atoms with Crippen molar-refractivity contribution < 1.29 is 23.4 Å². The van der Waals surface area contributed by atoms with E-state index in [0.717, 1.165) is 0 Å². The molecule has 0 atom stereocenters. The van der Waals surface area contributed by atoms with Crippen molar-refractivity contribution in [1.29, 1.82) is 0 Å². The SMILES string of the molecule is COCCn1cnc2oc(C)c(C(=O)Nc3ccc4c(c3)OCO4)c2c1=O. The van der Waals surface area contributed by atoms with Crippen LogP contribution in [0.15, 0.2) is 33.7 Å². The number of methoxy groups -OCH3 is 1. The molecule has 9 nitrogen and oxygen atoms in total. The number of amides is 1. The average Bonchev–Trinajstić information content (AvgIpc) is 3.24. The minimum Gasteiger partial charge on any atom is -0.454 e. The Bertz CT molecular complexity index is 1080. The largest absolute Gasteiger partial charge is 0.454 e. The summed E-state index contributed by atoms with van der Waals surface area (Å²) in [5.41, 5.74) is 0.445. The third-order valence-electron chi connectivity index (χ3n) is 4.25. The van der Waals surface area contributed by atoms with Crippen LogP contribution in [0.25, 0.3) is 11.1 Å². The summed E-state index contributed by atoms with van der Waals surface area (Å²) < 4.78 is 22.5. The maximum atomic E-state index is 12.8. The van der Waals surface area contributed by atoms with Crippen molar-refractivity contribution in [2.45, 2.75) is 13.5 Å². The van der Waals surface area contributed by atoms with E-state index < -0.39 is 5.91 Å². The first kappa shape index (κ1) is 17.1. The van der Waals surface area contributed by atoms with E-state index in [1.54, 1.807) is 32.2 Å². The van der Waals surface area contributed by atoms with Crippen LogP contribution in [0.3, 0.4) is 0 Å². The molecular weight excluding hydrogens is 354 g/mol. The van der Waals surface area contributed by atoms with Crippen LogP contribution >= 0.6 is 0 Å². The van der Waals surface area contributed by atoms with Gasteiger partial charge in [-0.05, 0) is 19.1 Å². The standard InChI is InChI=1S/C18H17N3O6/c1-10-14(15-17(27-10)19-8-21(18(15)23)5-6-24-2)16(22)20-11-3-4-12-13(7-11)26-9-25-12/h3-4,7-8H,5-6,9H2,1-2H3,(H,20,22). The number of aromatic nitrogens is 2. The Morgan fingerprint density at radius 3 is 2.96 bits per heavy atom. The van der Waals surface area contributed by atoms with Crippen molar-refractivity contribution >= 4 is 22.7 Å². The van der Waals surface area contributed by atoms with Gasteiger partial charge in [-0.25, -0.2) is 4.98 Å². The molecule has 140 valence electrons. The molecule has 0 fully saturated rings. The summed E-state index contributed by atoms with van der Waals surface area (Å²) in [7, 11) is 1.54. The van der Waals surface area contributed by atoms with Gasteiger partial charge in [-0.15, -0.1) is 0 Å². The third-order valence-corrected chi connectivity index (χ3v) is 4.25. The lowest BCUT2D eigenvalue weighted by Crippen LogP contribution is -2.24. The topological polar surface area (TPSA) is 105 Å². The van der Waals surface area contributed by atoms with E-state index in [4.69, 9.17) is 18.6 Å². The molecule has 0 radical (unpaired) electrons. The molecule has 0 saturated carbocycles. The van der Waals surface area contributed by atoms with Crippen molar-refractivity contribution in [3.05, 3.63) is 46.2 Å². The number of hydrogen-bond donors (Lipinski definition) is 1. The van der Waals surface area contributed by atoms with Crippen LogP contribution in [0.1, 0.15) is 16.1 Å². The van der Waals surface area contributed by atoms with Crippen LogP contribution in [0, 0.1) is 6.92 Å². The van der Waals surface area contributed by atoms with E-state index in [2.05, 4.69) is 10.3 Å². The van der Waals surface area contributed by atoms with E-state index in [1.165, 1.54) is 10.9 Å². The summed E-state index contributed by atoms with van der Waals surface area (Å²) in [4.78, 5) is 29.8. The van der Waals surface area contributed by atoms with Gasteiger partial charge in [0, 0.05) is 18.9 Å². The van der Waals surface area contributed by atoms with Crippen molar-refractivity contribution in [3.8, 4) is 11.5 Å². The maximum Gasteiger partial charge on any atom is 0.265 e. The summed E-state index contributed by atoms with van der Waals surface area (Å²) in [5.74, 6) is 1.01. The summed E-state index contributed by atoms with van der Waals surface area (Å²) in [5, 5.41) is 2.90. The lowest BCUT2D eigenvalue weighted by molar-refractivity contribution is 0.102. The van der Waals surface area contributed by atoms with Crippen LogP contribution < -0.4 is 20.3 Å². The molecule has 9 heteroatoms. The molecule has 1 aliphatic rings. The van der Waals surface area contributed by atoms with Gasteiger partial charge >= 0.3 is 0 Å². The molecule has 4 rings (SSSR count). The normalized spacial score (nSPS) is 12.5. The zero-order chi connectivity index (χ0) is 19.0. The van der Waals surface area contributed by atoms with Gasteiger partial charge in [-0.2, -0.15) is 0 Å². The molecule has 0 aliphatic carbocycles. The number of nitrogens with one attached hydrogen (secondary N) is 1. The third kappa shape index (κ3) is 3.02. The Labute approximate surface area is 153 Å². The number of fused-ring (bicyclic) bond motifs is 2. The number of furan rings is 1. The lowest BCUT2D eigenvalue weighted by atomic mass is 10.1. The lowest BCUT2D eigenvalue weighted by Gasteiger charge is -2.07. The van der Waals surface area contributed by atoms with Crippen molar-refractivity contribution in [2.75, 3.05) is 25.8 Å². The molecule has 27 heavy (non-hydrogen) atoms. The van der Waals surface area contributed by atoms with E-state index in [1.807, 2.05) is 0 Å². The fourth-order valence-corrected chi connectivity index (χ4v) is 2.93. The summed E-state index contributed by atoms with van der Waals surface area (Å²) in [6.45, 7) is 2.44. The van der Waals surface area contributed by atoms with Gasteiger partial charge in [0.15, 0.2) is 11.5 Å². The van der Waals surface area contributed by atoms with Gasteiger partial charge in [-0.1, -0.05) is 0 Å². The minimum absolute atomic E-state index is 0.127. The number of carbonyl (C=O) groups excluding carboxylic acids is 1. The molecule has 1 aliphatic heterocycles. The molecule has 1 aromatic carbocycles. The molecule has 1 N–H and O–H groups in total. The van der Waals surface area contributed by atoms with Gasteiger partial charge < -0.3 is 23.9 Å². The zero-order valence-corrected chi connectivity index (χ0v) is 14.8. The van der Waals surface area contributed by atoms with Gasteiger partial charge in [0.25, 0.3) is 11.5 Å². The average molecular weight is 371 g/mol. The molecule has 0 bridgehead atoms. The number of benzene rings is 1. The van der Waals surface area contributed by atoms with Gasteiger partial charge in [-0.3, -0.25) is 14.2 Å². The Hall–Kier alpha value is -3.33. The summed E-state index contributed by atoms with van der Waals surface area (Å²) >= 11 is 0. The monoisotopic (exact) mass is 371 g/mol. The molecular formula is C18H17N3O6. The van der Waals surface area contributed by atoms with E-state index in [0.29, 0.717) is 36.1 Å². The summed E-state index contributed by atoms with van der Waals surface area (Å²) in [6.07, 6.45) is 1.38. The number of hydrogen-bond acceptors (Lipinski definition) is 7. The molecule has 0 spiro atoms. The number of rotatable bonds is 5. The Morgan fingerprint density at radius 1 is 1.33 bits per heavy atom. The van der Waals surface area contributed by atoms with E-state index >= 15 is 0 Å². The highest BCUT2D eigenvalue weighted by Gasteiger charge is 2.23. The fourth-order valence-electron chi connectivity index (χ4n) is 2.93. The van der Waals surface area contributed by atoms with Crippen LogP contribution in [0.5, 0.6) is 11.5 Å². The number of aryl methyl sites for hydroxylation is 1. The Morgan fingerprint density at radius 2 is 2.15 bits per heavy atom. The predicted octanol–water partition coefficient (Wildman–Crippen LogP) is 1.93. The first-order chi connectivity index (χ1) is 13.1.